The zero-order chi connectivity index (χ0) is 21.1. The third kappa shape index (κ3) is 17.9. The van der Waals surface area contributed by atoms with E-state index >= 15 is 0 Å². The van der Waals surface area contributed by atoms with Crippen LogP contribution in [0.3, 0.4) is 0 Å². The topological polar surface area (TPSA) is 74.6 Å². The quantitative estimate of drug-likeness (QED) is 0.154. The summed E-state index contributed by atoms with van der Waals surface area (Å²) < 4.78 is 31.4. The van der Waals surface area contributed by atoms with Crippen LogP contribution in [0.4, 0.5) is 0 Å². The van der Waals surface area contributed by atoms with Gasteiger partial charge in [-0.25, -0.2) is 0 Å². The Morgan fingerprint density at radius 3 is 1.29 bits per heavy atom. The summed E-state index contributed by atoms with van der Waals surface area (Å²) in [7, 11) is -3.85. The van der Waals surface area contributed by atoms with E-state index in [0.717, 1.165) is 32.1 Å². The Morgan fingerprint density at radius 2 is 0.964 bits per heavy atom. The van der Waals surface area contributed by atoms with E-state index in [1.807, 2.05) is 6.92 Å². The van der Waals surface area contributed by atoms with E-state index in [1.54, 1.807) is 0 Å². The fourth-order valence-electron chi connectivity index (χ4n) is 3.91. The van der Waals surface area contributed by atoms with E-state index in [1.165, 1.54) is 77.0 Å². The van der Waals surface area contributed by atoms with Crippen molar-refractivity contribution >= 4 is 10.1 Å². The lowest BCUT2D eigenvalue weighted by Crippen LogP contribution is -2.19. The lowest BCUT2D eigenvalue weighted by molar-refractivity contribution is 0.150. The fraction of sp³-hybridized carbons (Fsp3) is 1.00. The van der Waals surface area contributed by atoms with Gasteiger partial charge in [-0.15, -0.1) is 0 Å². The Kier molecular flexibility index (Phi) is 18.8. The maximum Gasteiger partial charge on any atom is 0.267 e. The van der Waals surface area contributed by atoms with E-state index in [0.29, 0.717) is 12.8 Å². The summed E-state index contributed by atoms with van der Waals surface area (Å²) in [6.07, 6.45) is 21.5. The Bertz CT molecular complexity index is 422. The molecular formula is C23H48O4S. The van der Waals surface area contributed by atoms with Crippen molar-refractivity contribution in [1.29, 1.82) is 0 Å². The van der Waals surface area contributed by atoms with Crippen molar-refractivity contribution in [1.82, 2.24) is 0 Å². The molecule has 5 heteroatoms. The molecule has 0 aliphatic carbocycles. The molecule has 0 bridgehead atoms. The SMILES string of the molecule is CCCC(O)CCCCCCCCCCCCCCCCC(CC)S(=O)(=O)O. The molecule has 0 aliphatic rings. The number of unbranched alkanes of at least 4 members (excludes halogenated alkanes) is 13. The molecule has 0 saturated heterocycles. The maximum absolute atomic E-state index is 11.1. The molecule has 4 nitrogen and oxygen atoms in total. The molecule has 2 atom stereocenters. The molecule has 0 fully saturated rings. The van der Waals surface area contributed by atoms with Gasteiger partial charge in [0.05, 0.1) is 11.4 Å². The second-order valence-electron chi connectivity index (χ2n) is 8.51. The molecule has 0 aromatic heterocycles. The second-order valence-corrected chi connectivity index (χ2v) is 10.2. The van der Waals surface area contributed by atoms with Gasteiger partial charge < -0.3 is 5.11 Å². The molecule has 2 unspecified atom stereocenters. The molecule has 0 aliphatic heterocycles. The zero-order valence-electron chi connectivity index (χ0n) is 18.7. The molecule has 0 rings (SSSR count). The van der Waals surface area contributed by atoms with Crippen molar-refractivity contribution in [3.05, 3.63) is 0 Å². The fourth-order valence-corrected chi connectivity index (χ4v) is 4.80. The van der Waals surface area contributed by atoms with Crippen LogP contribution in [0.1, 0.15) is 136 Å². The first-order valence-corrected chi connectivity index (χ1v) is 13.6. The first-order valence-electron chi connectivity index (χ1n) is 12.1. The third-order valence-electron chi connectivity index (χ3n) is 5.81. The summed E-state index contributed by atoms with van der Waals surface area (Å²) >= 11 is 0. The number of aliphatic hydroxyl groups is 1. The van der Waals surface area contributed by atoms with Gasteiger partial charge in [0.25, 0.3) is 10.1 Å². The van der Waals surface area contributed by atoms with E-state index in [9.17, 15) is 13.5 Å². The highest BCUT2D eigenvalue weighted by Gasteiger charge is 2.19. The van der Waals surface area contributed by atoms with Crippen molar-refractivity contribution in [3.8, 4) is 0 Å². The van der Waals surface area contributed by atoms with Gasteiger partial charge in [0.1, 0.15) is 0 Å². The number of hydrogen-bond donors (Lipinski definition) is 2. The van der Waals surface area contributed by atoms with Crippen molar-refractivity contribution in [2.75, 3.05) is 0 Å². The van der Waals surface area contributed by atoms with Crippen molar-refractivity contribution < 1.29 is 18.1 Å². The Balaban J connectivity index is 3.24. The maximum atomic E-state index is 11.1. The monoisotopic (exact) mass is 420 g/mol. The van der Waals surface area contributed by atoms with E-state index in [2.05, 4.69) is 6.92 Å². The van der Waals surface area contributed by atoms with Gasteiger partial charge in [0.15, 0.2) is 0 Å². The van der Waals surface area contributed by atoms with Gasteiger partial charge in [-0.2, -0.15) is 8.42 Å². The highest BCUT2D eigenvalue weighted by atomic mass is 32.2. The molecular weight excluding hydrogens is 372 g/mol. The van der Waals surface area contributed by atoms with Crippen LogP contribution >= 0.6 is 0 Å². The molecule has 0 radical (unpaired) electrons. The summed E-state index contributed by atoms with van der Waals surface area (Å²) in [6.45, 7) is 3.94. The van der Waals surface area contributed by atoms with Crippen LogP contribution in [0.5, 0.6) is 0 Å². The molecule has 0 saturated carbocycles. The highest BCUT2D eigenvalue weighted by molar-refractivity contribution is 7.86. The zero-order valence-corrected chi connectivity index (χ0v) is 19.5. The van der Waals surface area contributed by atoms with Gasteiger partial charge in [0.2, 0.25) is 0 Å². The van der Waals surface area contributed by atoms with E-state index in [-0.39, 0.29) is 6.10 Å². The van der Waals surface area contributed by atoms with Crippen molar-refractivity contribution in [2.24, 2.45) is 0 Å². The highest BCUT2D eigenvalue weighted by Crippen LogP contribution is 2.17. The van der Waals surface area contributed by atoms with Crippen LogP contribution in [-0.2, 0) is 10.1 Å². The van der Waals surface area contributed by atoms with Gasteiger partial charge in [0, 0.05) is 0 Å². The summed E-state index contributed by atoms with van der Waals surface area (Å²) in [6, 6.07) is 0. The average Bonchev–Trinajstić information content (AvgIpc) is 2.63. The van der Waals surface area contributed by atoms with Crippen LogP contribution in [0, 0.1) is 0 Å². The lowest BCUT2D eigenvalue weighted by atomic mass is 10.0. The van der Waals surface area contributed by atoms with Crippen LogP contribution < -0.4 is 0 Å². The first-order chi connectivity index (χ1) is 13.4. The molecule has 2 N–H and O–H groups in total. The minimum Gasteiger partial charge on any atom is -0.393 e. The average molecular weight is 421 g/mol. The number of rotatable bonds is 21. The number of hydrogen-bond acceptors (Lipinski definition) is 3. The lowest BCUT2D eigenvalue weighted by Gasteiger charge is -2.10. The van der Waals surface area contributed by atoms with Crippen molar-refractivity contribution in [3.63, 3.8) is 0 Å². The minimum atomic E-state index is -3.85. The molecule has 0 aromatic carbocycles. The van der Waals surface area contributed by atoms with Crippen LogP contribution in [0.2, 0.25) is 0 Å². The largest absolute Gasteiger partial charge is 0.393 e. The molecule has 170 valence electrons. The van der Waals surface area contributed by atoms with Gasteiger partial charge >= 0.3 is 0 Å². The normalized spacial score (nSPS) is 14.3. The second kappa shape index (κ2) is 18.9. The van der Waals surface area contributed by atoms with Gasteiger partial charge in [-0.1, -0.05) is 110 Å². The first kappa shape index (κ1) is 27.9. The standard InChI is InChI=1S/C23H48O4S/c1-3-19-22(24)20-17-15-13-11-9-7-5-6-8-10-12-14-16-18-21-23(4-2)28(25,26)27/h22-24H,3-21H2,1-2H3,(H,25,26,27). The Hall–Kier alpha value is -0.130. The summed E-state index contributed by atoms with van der Waals surface area (Å²) in [4.78, 5) is 0. The predicted octanol–water partition coefficient (Wildman–Crippen LogP) is 7.06. The third-order valence-corrected chi connectivity index (χ3v) is 7.22. The molecule has 0 heterocycles. The predicted molar refractivity (Wildman–Crippen MR) is 120 cm³/mol. The molecule has 0 amide bonds. The summed E-state index contributed by atoms with van der Waals surface area (Å²) in [5.41, 5.74) is 0. The summed E-state index contributed by atoms with van der Waals surface area (Å²) in [5.74, 6) is 0. The van der Waals surface area contributed by atoms with Gasteiger partial charge in [-0.05, 0) is 25.7 Å². The summed E-state index contributed by atoms with van der Waals surface area (Å²) in [5, 5.41) is 9.11. The van der Waals surface area contributed by atoms with E-state index < -0.39 is 15.4 Å². The molecule has 28 heavy (non-hydrogen) atoms. The molecule has 0 spiro atoms. The van der Waals surface area contributed by atoms with E-state index in [4.69, 9.17) is 4.55 Å². The minimum absolute atomic E-state index is 0.0741. The van der Waals surface area contributed by atoms with Crippen LogP contribution in [-0.4, -0.2) is 29.4 Å². The smallest absolute Gasteiger partial charge is 0.267 e. The van der Waals surface area contributed by atoms with Gasteiger partial charge in [-0.3, -0.25) is 4.55 Å². The number of aliphatic hydroxyl groups excluding tert-OH is 1. The Labute approximate surface area is 175 Å². The van der Waals surface area contributed by atoms with Crippen LogP contribution in [0.25, 0.3) is 0 Å². The molecule has 0 aromatic rings. The van der Waals surface area contributed by atoms with Crippen LogP contribution in [0.15, 0.2) is 0 Å². The van der Waals surface area contributed by atoms with Crippen molar-refractivity contribution in [2.45, 2.75) is 147 Å². The Morgan fingerprint density at radius 1 is 0.607 bits per heavy atom.